The molecular weight excluding hydrogens is 342 g/mol. The molecule has 2 aromatic carbocycles. The Morgan fingerprint density at radius 2 is 1.85 bits per heavy atom. The molecule has 1 aromatic heterocycles. The predicted octanol–water partition coefficient (Wildman–Crippen LogP) is 4.68. The maximum Gasteiger partial charge on any atom is 0.274 e. The summed E-state index contributed by atoms with van der Waals surface area (Å²) in [5.74, 6) is 1.15. The molecule has 136 valence electrons. The second-order valence-corrected chi connectivity index (χ2v) is 6.58. The molecule has 0 unspecified atom stereocenters. The molecule has 4 rings (SSSR count). The van der Waals surface area contributed by atoms with Crippen LogP contribution in [-0.2, 0) is 0 Å². The van der Waals surface area contributed by atoms with E-state index < -0.39 is 0 Å². The first kappa shape index (κ1) is 17.0. The molecule has 0 aliphatic heterocycles. The normalized spacial score (nSPS) is 13.2. The van der Waals surface area contributed by atoms with Crippen LogP contribution in [0.4, 0.5) is 23.1 Å². The number of nitro groups is 1. The Balaban J connectivity index is 1.71. The first-order chi connectivity index (χ1) is 13.1. The molecule has 7 nitrogen and oxygen atoms in total. The Hall–Kier alpha value is -3.48. The van der Waals surface area contributed by atoms with Crippen LogP contribution in [0.15, 0.2) is 54.6 Å². The molecule has 1 saturated carbocycles. The molecule has 0 amide bonds. The zero-order valence-electron chi connectivity index (χ0n) is 14.8. The van der Waals surface area contributed by atoms with Crippen LogP contribution in [0.5, 0.6) is 0 Å². The van der Waals surface area contributed by atoms with E-state index in [1.165, 1.54) is 6.07 Å². The highest BCUT2D eigenvalue weighted by atomic mass is 16.6. The monoisotopic (exact) mass is 361 g/mol. The van der Waals surface area contributed by atoms with Crippen LogP contribution in [0.25, 0.3) is 11.3 Å². The summed E-state index contributed by atoms with van der Waals surface area (Å²) in [7, 11) is 0. The summed E-state index contributed by atoms with van der Waals surface area (Å²) < 4.78 is 0. The van der Waals surface area contributed by atoms with Gasteiger partial charge >= 0.3 is 0 Å². The summed E-state index contributed by atoms with van der Waals surface area (Å²) in [6, 6.07) is 17.1. The molecule has 1 heterocycles. The highest BCUT2D eigenvalue weighted by Crippen LogP contribution is 2.30. The number of hydrogen-bond donors (Lipinski definition) is 2. The van der Waals surface area contributed by atoms with Crippen molar-refractivity contribution >= 4 is 23.1 Å². The van der Waals surface area contributed by atoms with Crippen molar-refractivity contribution in [3.8, 4) is 11.3 Å². The summed E-state index contributed by atoms with van der Waals surface area (Å²) >= 11 is 0. The van der Waals surface area contributed by atoms with Gasteiger partial charge in [-0.3, -0.25) is 10.1 Å². The average molecular weight is 361 g/mol. The van der Waals surface area contributed by atoms with Gasteiger partial charge in [0.05, 0.1) is 16.2 Å². The second kappa shape index (κ2) is 7.03. The summed E-state index contributed by atoms with van der Waals surface area (Å²) in [5, 5.41) is 17.7. The topological polar surface area (TPSA) is 93.0 Å². The average Bonchev–Trinajstić information content (AvgIpc) is 3.48. The van der Waals surface area contributed by atoms with Crippen molar-refractivity contribution in [3.05, 3.63) is 70.3 Å². The smallest absolute Gasteiger partial charge is 0.274 e. The molecule has 3 aromatic rings. The molecule has 0 saturated heterocycles. The SMILES string of the molecule is Cc1c(Nc2cc(-c3ccccc3)nc(NC3CC3)n2)cccc1[N+](=O)[O-]. The summed E-state index contributed by atoms with van der Waals surface area (Å²) in [6.45, 7) is 1.73. The first-order valence-electron chi connectivity index (χ1n) is 8.82. The van der Waals surface area contributed by atoms with E-state index in [0.717, 1.165) is 24.1 Å². The van der Waals surface area contributed by atoms with Crippen molar-refractivity contribution in [2.45, 2.75) is 25.8 Å². The van der Waals surface area contributed by atoms with Crippen molar-refractivity contribution < 1.29 is 4.92 Å². The molecule has 0 spiro atoms. The van der Waals surface area contributed by atoms with E-state index in [9.17, 15) is 10.1 Å². The van der Waals surface area contributed by atoms with Gasteiger partial charge in [-0.1, -0.05) is 36.4 Å². The fourth-order valence-corrected chi connectivity index (χ4v) is 2.84. The second-order valence-electron chi connectivity index (χ2n) is 6.58. The lowest BCUT2D eigenvalue weighted by Gasteiger charge is -2.12. The van der Waals surface area contributed by atoms with Crippen LogP contribution in [-0.4, -0.2) is 20.9 Å². The quantitative estimate of drug-likeness (QED) is 0.489. The predicted molar refractivity (Wildman–Crippen MR) is 105 cm³/mol. The molecule has 0 atom stereocenters. The third-order valence-corrected chi connectivity index (χ3v) is 4.47. The van der Waals surface area contributed by atoms with Gasteiger partial charge in [-0.2, -0.15) is 4.98 Å². The van der Waals surface area contributed by atoms with Crippen LogP contribution in [0, 0.1) is 17.0 Å². The van der Waals surface area contributed by atoms with Crippen LogP contribution < -0.4 is 10.6 Å². The van der Waals surface area contributed by atoms with Gasteiger partial charge in [0.2, 0.25) is 5.95 Å². The Kier molecular flexibility index (Phi) is 4.42. The zero-order chi connectivity index (χ0) is 18.8. The fourth-order valence-electron chi connectivity index (χ4n) is 2.84. The number of rotatable bonds is 6. The Labute approximate surface area is 156 Å². The van der Waals surface area contributed by atoms with E-state index in [2.05, 4.69) is 20.6 Å². The fraction of sp³-hybridized carbons (Fsp3) is 0.200. The third-order valence-electron chi connectivity index (χ3n) is 4.47. The molecule has 0 radical (unpaired) electrons. The van der Waals surface area contributed by atoms with E-state index in [0.29, 0.717) is 29.1 Å². The van der Waals surface area contributed by atoms with Gasteiger partial charge in [0, 0.05) is 29.4 Å². The lowest BCUT2D eigenvalue weighted by atomic mass is 10.1. The van der Waals surface area contributed by atoms with Gasteiger partial charge in [0.15, 0.2) is 0 Å². The number of nitrogens with zero attached hydrogens (tertiary/aromatic N) is 3. The van der Waals surface area contributed by atoms with Gasteiger partial charge in [-0.25, -0.2) is 4.98 Å². The summed E-state index contributed by atoms with van der Waals surface area (Å²) in [4.78, 5) is 20.0. The zero-order valence-corrected chi connectivity index (χ0v) is 14.8. The minimum absolute atomic E-state index is 0.0775. The van der Waals surface area contributed by atoms with E-state index in [-0.39, 0.29) is 10.6 Å². The van der Waals surface area contributed by atoms with Crippen LogP contribution in [0.1, 0.15) is 18.4 Å². The molecule has 7 heteroatoms. The van der Waals surface area contributed by atoms with Crippen molar-refractivity contribution in [3.63, 3.8) is 0 Å². The number of nitro benzene ring substituents is 1. The Morgan fingerprint density at radius 1 is 1.07 bits per heavy atom. The first-order valence-corrected chi connectivity index (χ1v) is 8.82. The van der Waals surface area contributed by atoms with E-state index >= 15 is 0 Å². The molecule has 1 aliphatic rings. The van der Waals surface area contributed by atoms with Crippen LogP contribution in [0.2, 0.25) is 0 Å². The number of anilines is 3. The molecule has 1 fully saturated rings. The number of benzene rings is 2. The standard InChI is InChI=1S/C20H19N5O2/c1-13-16(8-5-9-18(13)25(26)27)22-19-12-17(14-6-3-2-4-7-14)23-20(24-19)21-15-10-11-15/h2-9,12,15H,10-11H2,1H3,(H2,21,22,23,24). The van der Waals surface area contributed by atoms with Crippen LogP contribution >= 0.6 is 0 Å². The van der Waals surface area contributed by atoms with Gasteiger partial charge < -0.3 is 10.6 Å². The van der Waals surface area contributed by atoms with Gasteiger partial charge in [0.25, 0.3) is 5.69 Å². The highest BCUT2D eigenvalue weighted by Gasteiger charge is 2.22. The molecule has 27 heavy (non-hydrogen) atoms. The molecule has 2 N–H and O–H groups in total. The van der Waals surface area contributed by atoms with Gasteiger partial charge in [0.1, 0.15) is 5.82 Å². The van der Waals surface area contributed by atoms with Crippen molar-refractivity contribution in [2.24, 2.45) is 0 Å². The molecular formula is C20H19N5O2. The highest BCUT2D eigenvalue weighted by molar-refractivity contribution is 5.70. The minimum atomic E-state index is -0.379. The molecule has 0 bridgehead atoms. The van der Waals surface area contributed by atoms with E-state index in [1.807, 2.05) is 36.4 Å². The third kappa shape index (κ3) is 3.87. The number of nitrogens with one attached hydrogen (secondary N) is 2. The van der Waals surface area contributed by atoms with E-state index in [4.69, 9.17) is 0 Å². The largest absolute Gasteiger partial charge is 0.351 e. The van der Waals surface area contributed by atoms with Crippen LogP contribution in [0.3, 0.4) is 0 Å². The number of aromatic nitrogens is 2. The van der Waals surface area contributed by atoms with Gasteiger partial charge in [-0.15, -0.1) is 0 Å². The Bertz CT molecular complexity index is 987. The van der Waals surface area contributed by atoms with Crippen molar-refractivity contribution in [2.75, 3.05) is 10.6 Å². The van der Waals surface area contributed by atoms with E-state index in [1.54, 1.807) is 19.1 Å². The lowest BCUT2D eigenvalue weighted by Crippen LogP contribution is -2.08. The maximum absolute atomic E-state index is 11.2. The lowest BCUT2D eigenvalue weighted by molar-refractivity contribution is -0.385. The minimum Gasteiger partial charge on any atom is -0.351 e. The number of hydrogen-bond acceptors (Lipinski definition) is 6. The summed E-state index contributed by atoms with van der Waals surface area (Å²) in [5.41, 5.74) is 3.07. The van der Waals surface area contributed by atoms with Gasteiger partial charge in [-0.05, 0) is 25.8 Å². The maximum atomic E-state index is 11.2. The molecule has 1 aliphatic carbocycles. The van der Waals surface area contributed by atoms with Crippen molar-refractivity contribution in [1.82, 2.24) is 9.97 Å². The van der Waals surface area contributed by atoms with Crippen molar-refractivity contribution in [1.29, 1.82) is 0 Å². The Morgan fingerprint density at radius 3 is 2.56 bits per heavy atom. The summed E-state index contributed by atoms with van der Waals surface area (Å²) in [6.07, 6.45) is 2.23.